The molecule has 1 heterocycles. The Labute approximate surface area is 182 Å². The van der Waals surface area contributed by atoms with E-state index in [2.05, 4.69) is 5.32 Å². The van der Waals surface area contributed by atoms with Crippen LogP contribution in [0, 0.1) is 11.8 Å². The Morgan fingerprint density at radius 1 is 1.19 bits per heavy atom. The summed E-state index contributed by atoms with van der Waals surface area (Å²) in [6, 6.07) is 6.23. The summed E-state index contributed by atoms with van der Waals surface area (Å²) in [4.78, 5) is 50.5. The molecule has 0 unspecified atom stereocenters. The van der Waals surface area contributed by atoms with Crippen LogP contribution in [0.15, 0.2) is 30.3 Å². The van der Waals surface area contributed by atoms with Crippen LogP contribution in [0.5, 0.6) is 0 Å². The van der Waals surface area contributed by atoms with Crippen molar-refractivity contribution in [2.24, 2.45) is 23.3 Å². The van der Waals surface area contributed by atoms with Crippen LogP contribution in [-0.4, -0.2) is 58.4 Å². The summed E-state index contributed by atoms with van der Waals surface area (Å²) in [5, 5.41) is 12.4. The monoisotopic (exact) mass is 432 g/mol. The van der Waals surface area contributed by atoms with E-state index in [1.165, 1.54) is 4.90 Å². The van der Waals surface area contributed by atoms with E-state index in [9.17, 15) is 24.3 Å². The molecule has 0 radical (unpaired) electrons. The highest BCUT2D eigenvalue weighted by atomic mass is 16.4. The SMILES string of the molecule is CC(C)C[C@H](N)C(=O)N[C@@H](Cc1ccccc1)C(=O)N1CC[C@@H](CC(N)=O)[C@H]1C(=O)O. The number of amides is 3. The van der Waals surface area contributed by atoms with E-state index in [-0.39, 0.29) is 25.3 Å². The third-order valence-corrected chi connectivity index (χ3v) is 5.48. The van der Waals surface area contributed by atoms with E-state index in [0.29, 0.717) is 12.8 Å². The van der Waals surface area contributed by atoms with E-state index in [1.54, 1.807) is 0 Å². The van der Waals surface area contributed by atoms with Gasteiger partial charge in [-0.1, -0.05) is 44.2 Å². The highest BCUT2D eigenvalue weighted by molar-refractivity contribution is 5.92. The second kappa shape index (κ2) is 10.9. The summed E-state index contributed by atoms with van der Waals surface area (Å²) >= 11 is 0. The molecular formula is C22H32N4O5. The van der Waals surface area contributed by atoms with Gasteiger partial charge < -0.3 is 26.8 Å². The van der Waals surface area contributed by atoms with E-state index in [0.717, 1.165) is 5.56 Å². The molecule has 3 amide bonds. The molecule has 0 bridgehead atoms. The molecule has 2 rings (SSSR count). The number of aliphatic carboxylic acids is 1. The number of primary amides is 1. The van der Waals surface area contributed by atoms with Gasteiger partial charge in [-0.15, -0.1) is 0 Å². The third kappa shape index (κ3) is 6.78. The Hall–Kier alpha value is -2.94. The molecule has 1 saturated heterocycles. The maximum Gasteiger partial charge on any atom is 0.326 e. The minimum absolute atomic E-state index is 0.115. The Morgan fingerprint density at radius 2 is 1.84 bits per heavy atom. The first kappa shape index (κ1) is 24.3. The Bertz CT molecular complexity index is 798. The number of rotatable bonds is 10. The quantitative estimate of drug-likeness (QED) is 0.416. The van der Waals surface area contributed by atoms with E-state index >= 15 is 0 Å². The zero-order valence-electron chi connectivity index (χ0n) is 18.0. The van der Waals surface area contributed by atoms with Gasteiger partial charge in [0, 0.05) is 25.3 Å². The van der Waals surface area contributed by atoms with Crippen molar-refractivity contribution < 1.29 is 24.3 Å². The fourth-order valence-electron chi connectivity index (χ4n) is 4.05. The molecule has 1 fully saturated rings. The first-order valence-electron chi connectivity index (χ1n) is 10.5. The molecule has 0 saturated carbocycles. The lowest BCUT2D eigenvalue weighted by atomic mass is 9.96. The topological polar surface area (TPSA) is 156 Å². The fourth-order valence-corrected chi connectivity index (χ4v) is 4.05. The predicted molar refractivity (Wildman–Crippen MR) is 115 cm³/mol. The lowest BCUT2D eigenvalue weighted by molar-refractivity contribution is -0.151. The van der Waals surface area contributed by atoms with Gasteiger partial charge >= 0.3 is 5.97 Å². The second-order valence-electron chi connectivity index (χ2n) is 8.52. The maximum absolute atomic E-state index is 13.4. The highest BCUT2D eigenvalue weighted by Gasteiger charge is 2.44. The van der Waals surface area contributed by atoms with Crippen LogP contribution in [-0.2, 0) is 25.6 Å². The number of nitrogens with zero attached hydrogens (tertiary/aromatic N) is 1. The van der Waals surface area contributed by atoms with Crippen molar-refractivity contribution in [3.63, 3.8) is 0 Å². The van der Waals surface area contributed by atoms with E-state index < -0.39 is 47.7 Å². The van der Waals surface area contributed by atoms with Crippen molar-refractivity contribution in [3.05, 3.63) is 35.9 Å². The van der Waals surface area contributed by atoms with Crippen LogP contribution in [0.3, 0.4) is 0 Å². The number of likely N-dealkylation sites (tertiary alicyclic amines) is 1. The molecule has 31 heavy (non-hydrogen) atoms. The summed E-state index contributed by atoms with van der Waals surface area (Å²) in [7, 11) is 0. The average Bonchev–Trinajstić information content (AvgIpc) is 3.10. The summed E-state index contributed by atoms with van der Waals surface area (Å²) in [6.45, 7) is 4.06. The lowest BCUT2D eigenvalue weighted by Gasteiger charge is -2.29. The molecule has 1 aliphatic heterocycles. The minimum Gasteiger partial charge on any atom is -0.480 e. The highest BCUT2D eigenvalue weighted by Crippen LogP contribution is 2.28. The van der Waals surface area contributed by atoms with Gasteiger partial charge in [0.05, 0.1) is 6.04 Å². The molecule has 0 spiro atoms. The average molecular weight is 433 g/mol. The first-order valence-corrected chi connectivity index (χ1v) is 10.5. The second-order valence-corrected chi connectivity index (χ2v) is 8.52. The number of carboxylic acids is 1. The molecule has 170 valence electrons. The Balaban J connectivity index is 2.25. The molecule has 0 aromatic heterocycles. The number of carboxylic acid groups (broad SMARTS) is 1. The molecule has 1 aromatic carbocycles. The van der Waals surface area contributed by atoms with Gasteiger partial charge in [0.15, 0.2) is 0 Å². The minimum atomic E-state index is -1.20. The molecule has 9 nitrogen and oxygen atoms in total. The molecule has 9 heteroatoms. The van der Waals surface area contributed by atoms with Crippen molar-refractivity contribution in [1.29, 1.82) is 0 Å². The number of nitrogens with two attached hydrogens (primary N) is 2. The van der Waals surface area contributed by atoms with Gasteiger partial charge in [-0.3, -0.25) is 14.4 Å². The fraction of sp³-hybridized carbons (Fsp3) is 0.545. The van der Waals surface area contributed by atoms with E-state index in [4.69, 9.17) is 11.5 Å². The number of benzene rings is 1. The molecule has 0 aliphatic carbocycles. The van der Waals surface area contributed by atoms with Gasteiger partial charge in [0.1, 0.15) is 12.1 Å². The Morgan fingerprint density at radius 3 is 2.39 bits per heavy atom. The number of carbonyl (C=O) groups excluding carboxylic acids is 3. The number of hydrogen-bond acceptors (Lipinski definition) is 5. The van der Waals surface area contributed by atoms with Crippen molar-refractivity contribution in [3.8, 4) is 0 Å². The normalized spacial score (nSPS) is 20.3. The first-order chi connectivity index (χ1) is 14.6. The van der Waals surface area contributed by atoms with Gasteiger partial charge in [0.25, 0.3) is 0 Å². The maximum atomic E-state index is 13.4. The molecule has 4 atom stereocenters. The summed E-state index contributed by atoms with van der Waals surface area (Å²) in [5.41, 5.74) is 12.1. The van der Waals surface area contributed by atoms with Crippen molar-refractivity contribution in [2.75, 3.05) is 6.54 Å². The van der Waals surface area contributed by atoms with Gasteiger partial charge in [-0.25, -0.2) is 4.79 Å². The Kier molecular flexibility index (Phi) is 8.56. The number of carbonyl (C=O) groups is 4. The standard InChI is InChI=1S/C22H32N4O5/c1-13(2)10-16(23)20(28)25-17(11-14-6-4-3-5-7-14)21(29)26-9-8-15(12-18(24)27)19(26)22(30)31/h3-7,13,15-17,19H,8-12,23H2,1-2H3,(H2,24,27)(H,25,28)(H,30,31)/t15-,16-,17-,19-/m0/s1. The smallest absolute Gasteiger partial charge is 0.326 e. The largest absolute Gasteiger partial charge is 0.480 e. The van der Waals surface area contributed by atoms with Crippen LogP contribution in [0.25, 0.3) is 0 Å². The van der Waals surface area contributed by atoms with Crippen LogP contribution in [0.4, 0.5) is 0 Å². The summed E-state index contributed by atoms with van der Waals surface area (Å²) in [5.74, 6) is -3.13. The number of nitrogens with one attached hydrogen (secondary N) is 1. The van der Waals surface area contributed by atoms with Gasteiger partial charge in [-0.2, -0.15) is 0 Å². The van der Waals surface area contributed by atoms with E-state index in [1.807, 2.05) is 44.2 Å². The van der Waals surface area contributed by atoms with Crippen molar-refractivity contribution in [1.82, 2.24) is 10.2 Å². The molecule has 1 aromatic rings. The predicted octanol–water partition coefficient (Wildman–Crippen LogP) is 0.264. The summed E-state index contributed by atoms with van der Waals surface area (Å²) in [6.07, 6.45) is 0.892. The van der Waals surface area contributed by atoms with Crippen LogP contribution in [0.2, 0.25) is 0 Å². The van der Waals surface area contributed by atoms with Crippen LogP contribution < -0.4 is 16.8 Å². The zero-order chi connectivity index (χ0) is 23.1. The molecular weight excluding hydrogens is 400 g/mol. The summed E-state index contributed by atoms with van der Waals surface area (Å²) < 4.78 is 0. The van der Waals surface area contributed by atoms with Crippen molar-refractivity contribution in [2.45, 2.75) is 57.7 Å². The van der Waals surface area contributed by atoms with Crippen LogP contribution >= 0.6 is 0 Å². The third-order valence-electron chi connectivity index (χ3n) is 5.48. The van der Waals surface area contributed by atoms with Crippen LogP contribution in [0.1, 0.15) is 38.7 Å². The number of hydrogen-bond donors (Lipinski definition) is 4. The van der Waals surface area contributed by atoms with Crippen molar-refractivity contribution >= 4 is 23.7 Å². The van der Waals surface area contributed by atoms with Gasteiger partial charge in [-0.05, 0) is 24.3 Å². The molecule has 6 N–H and O–H groups in total. The zero-order valence-corrected chi connectivity index (χ0v) is 18.0. The molecule has 1 aliphatic rings. The van der Waals surface area contributed by atoms with Gasteiger partial charge in [0.2, 0.25) is 17.7 Å². The lowest BCUT2D eigenvalue weighted by Crippen LogP contribution is -2.56.